The highest BCUT2D eigenvalue weighted by atomic mass is 16.6. The first-order valence-electron chi connectivity index (χ1n) is 12.9. The molecular formula is C25H45N3O7. The second kappa shape index (κ2) is 15.6. The SMILES string of the molecule is CCOC(=O)[C@H](CCCCCCCCNC(=O)OC(C)(C)C)N[C@@H](C)C(=O)N1CCC[C@H]1C(=O)O. The van der Waals surface area contributed by atoms with Gasteiger partial charge >= 0.3 is 18.0 Å². The van der Waals surface area contributed by atoms with Crippen LogP contribution < -0.4 is 10.6 Å². The molecule has 3 atom stereocenters. The molecule has 2 amide bonds. The van der Waals surface area contributed by atoms with Crippen molar-refractivity contribution in [1.29, 1.82) is 0 Å². The molecule has 0 aliphatic carbocycles. The maximum Gasteiger partial charge on any atom is 0.407 e. The molecule has 1 fully saturated rings. The molecule has 1 rings (SSSR count). The normalized spacial score (nSPS) is 17.5. The molecule has 0 spiro atoms. The van der Waals surface area contributed by atoms with Crippen molar-refractivity contribution in [3.05, 3.63) is 0 Å². The summed E-state index contributed by atoms with van der Waals surface area (Å²) in [5.41, 5.74) is -0.499. The van der Waals surface area contributed by atoms with Crippen molar-refractivity contribution in [2.45, 2.75) is 116 Å². The lowest BCUT2D eigenvalue weighted by Crippen LogP contribution is -2.53. The summed E-state index contributed by atoms with van der Waals surface area (Å²) in [7, 11) is 0. The van der Waals surface area contributed by atoms with Crippen LogP contribution in [0.1, 0.15) is 92.4 Å². The first-order chi connectivity index (χ1) is 16.5. The number of ether oxygens (including phenoxy) is 2. The van der Waals surface area contributed by atoms with Gasteiger partial charge in [0.05, 0.1) is 12.6 Å². The Kier molecular flexibility index (Phi) is 13.7. The van der Waals surface area contributed by atoms with Crippen LogP contribution in [0.3, 0.4) is 0 Å². The molecule has 0 aromatic rings. The molecule has 3 N–H and O–H groups in total. The summed E-state index contributed by atoms with van der Waals surface area (Å²) >= 11 is 0. The van der Waals surface area contributed by atoms with E-state index in [0.29, 0.717) is 32.4 Å². The maximum atomic E-state index is 12.8. The van der Waals surface area contributed by atoms with Gasteiger partial charge in [-0.15, -0.1) is 0 Å². The van der Waals surface area contributed by atoms with Crippen molar-refractivity contribution < 1.29 is 33.8 Å². The molecule has 10 heteroatoms. The molecule has 1 heterocycles. The fourth-order valence-electron chi connectivity index (χ4n) is 4.11. The molecule has 10 nitrogen and oxygen atoms in total. The first-order valence-corrected chi connectivity index (χ1v) is 12.9. The number of carbonyl (C=O) groups is 4. The average molecular weight is 500 g/mol. The monoisotopic (exact) mass is 499 g/mol. The number of esters is 1. The second-order valence-corrected chi connectivity index (χ2v) is 10.1. The first kappa shape index (κ1) is 30.7. The van der Waals surface area contributed by atoms with E-state index in [0.717, 1.165) is 38.5 Å². The zero-order chi connectivity index (χ0) is 26.4. The Bertz CT molecular complexity index is 693. The molecule has 1 saturated heterocycles. The van der Waals surface area contributed by atoms with Crippen LogP contribution >= 0.6 is 0 Å². The Hall–Kier alpha value is -2.36. The lowest BCUT2D eigenvalue weighted by molar-refractivity contribution is -0.150. The highest BCUT2D eigenvalue weighted by Gasteiger charge is 2.36. The van der Waals surface area contributed by atoms with Gasteiger partial charge in [-0.05, 0) is 60.3 Å². The number of hydrogen-bond acceptors (Lipinski definition) is 7. The summed E-state index contributed by atoms with van der Waals surface area (Å²) in [6, 6.07) is -2.09. The average Bonchev–Trinajstić information content (AvgIpc) is 3.25. The topological polar surface area (TPSA) is 134 Å². The summed E-state index contributed by atoms with van der Waals surface area (Å²) in [6.45, 7) is 10.1. The van der Waals surface area contributed by atoms with Crippen molar-refractivity contribution in [1.82, 2.24) is 15.5 Å². The lowest BCUT2D eigenvalue weighted by Gasteiger charge is -2.27. The van der Waals surface area contributed by atoms with E-state index in [1.165, 1.54) is 4.90 Å². The minimum Gasteiger partial charge on any atom is -0.480 e. The van der Waals surface area contributed by atoms with E-state index in [9.17, 15) is 24.3 Å². The number of nitrogens with zero attached hydrogens (tertiary/aromatic N) is 1. The van der Waals surface area contributed by atoms with Crippen LogP contribution in [0, 0.1) is 0 Å². The van der Waals surface area contributed by atoms with Gasteiger partial charge in [0.15, 0.2) is 0 Å². The van der Waals surface area contributed by atoms with Crippen LogP contribution in [0.2, 0.25) is 0 Å². The Morgan fingerprint density at radius 1 is 1.06 bits per heavy atom. The minimum atomic E-state index is -0.995. The number of carboxylic acids is 1. The number of carbonyl (C=O) groups excluding carboxylic acids is 3. The van der Waals surface area contributed by atoms with Crippen LogP contribution in [0.15, 0.2) is 0 Å². The Morgan fingerprint density at radius 2 is 1.69 bits per heavy atom. The number of aliphatic carboxylic acids is 1. The fraction of sp³-hybridized carbons (Fsp3) is 0.840. The lowest BCUT2D eigenvalue weighted by atomic mass is 10.0. The van der Waals surface area contributed by atoms with Gasteiger partial charge in [0.1, 0.15) is 17.7 Å². The molecule has 0 aromatic carbocycles. The fourth-order valence-corrected chi connectivity index (χ4v) is 4.11. The van der Waals surface area contributed by atoms with E-state index in [1.54, 1.807) is 13.8 Å². The van der Waals surface area contributed by atoms with Gasteiger partial charge in [0.25, 0.3) is 0 Å². The van der Waals surface area contributed by atoms with Crippen molar-refractivity contribution >= 4 is 23.9 Å². The Morgan fingerprint density at radius 3 is 2.29 bits per heavy atom. The Balaban J connectivity index is 2.34. The smallest absolute Gasteiger partial charge is 0.407 e. The zero-order valence-corrected chi connectivity index (χ0v) is 22.1. The number of carboxylic acid groups (broad SMARTS) is 1. The van der Waals surface area contributed by atoms with Gasteiger partial charge in [-0.2, -0.15) is 0 Å². The molecule has 1 aliphatic heterocycles. The molecule has 0 unspecified atom stereocenters. The van der Waals surface area contributed by atoms with E-state index in [-0.39, 0.29) is 12.5 Å². The zero-order valence-electron chi connectivity index (χ0n) is 22.1. The standard InChI is InChI=1S/C25H45N3O7/c1-6-34-23(32)19(27-18(2)21(29)28-17-13-15-20(28)22(30)31)14-11-9-7-8-10-12-16-26-24(33)35-25(3,4)5/h18-20,27H,6-17H2,1-5H3,(H,26,33)(H,30,31)/t18-,19-,20-/m0/s1. The van der Waals surface area contributed by atoms with Crippen molar-refractivity contribution in [3.63, 3.8) is 0 Å². The number of rotatable bonds is 15. The van der Waals surface area contributed by atoms with E-state index in [1.807, 2.05) is 20.8 Å². The number of amides is 2. The summed E-state index contributed by atoms with van der Waals surface area (Å²) in [4.78, 5) is 49.6. The molecular weight excluding hydrogens is 454 g/mol. The van der Waals surface area contributed by atoms with Gasteiger partial charge in [0, 0.05) is 13.1 Å². The van der Waals surface area contributed by atoms with E-state index in [4.69, 9.17) is 9.47 Å². The van der Waals surface area contributed by atoms with Gasteiger partial charge in [-0.3, -0.25) is 14.9 Å². The highest BCUT2D eigenvalue weighted by molar-refractivity contribution is 5.88. The quantitative estimate of drug-likeness (QED) is 0.231. The molecule has 202 valence electrons. The second-order valence-electron chi connectivity index (χ2n) is 10.1. The predicted molar refractivity (Wildman–Crippen MR) is 132 cm³/mol. The van der Waals surface area contributed by atoms with Crippen molar-refractivity contribution in [2.24, 2.45) is 0 Å². The molecule has 0 radical (unpaired) electrons. The van der Waals surface area contributed by atoms with Crippen LogP contribution in [-0.4, -0.2) is 77.4 Å². The van der Waals surface area contributed by atoms with Crippen molar-refractivity contribution in [3.8, 4) is 0 Å². The van der Waals surface area contributed by atoms with Gasteiger partial charge in [-0.25, -0.2) is 9.59 Å². The number of nitrogens with one attached hydrogen (secondary N) is 2. The van der Waals surface area contributed by atoms with Crippen LogP contribution in [-0.2, 0) is 23.9 Å². The summed E-state index contributed by atoms with van der Waals surface area (Å²) < 4.78 is 10.4. The summed E-state index contributed by atoms with van der Waals surface area (Å²) in [6.07, 6.45) is 6.88. The van der Waals surface area contributed by atoms with Crippen molar-refractivity contribution in [2.75, 3.05) is 19.7 Å². The molecule has 0 aromatic heterocycles. The third kappa shape index (κ3) is 12.2. The predicted octanol–water partition coefficient (Wildman–Crippen LogP) is 3.23. The molecule has 0 bridgehead atoms. The van der Waals surface area contributed by atoms with Crippen LogP contribution in [0.25, 0.3) is 0 Å². The third-order valence-corrected chi connectivity index (χ3v) is 5.80. The number of likely N-dealkylation sites (tertiary alicyclic amines) is 1. The number of unbranched alkanes of at least 4 members (excludes halogenated alkanes) is 5. The maximum absolute atomic E-state index is 12.8. The van der Waals surface area contributed by atoms with Gasteiger partial charge < -0.3 is 24.8 Å². The molecule has 0 saturated carbocycles. The van der Waals surface area contributed by atoms with Crippen LogP contribution in [0.5, 0.6) is 0 Å². The largest absolute Gasteiger partial charge is 0.480 e. The van der Waals surface area contributed by atoms with E-state index in [2.05, 4.69) is 10.6 Å². The highest BCUT2D eigenvalue weighted by Crippen LogP contribution is 2.19. The van der Waals surface area contributed by atoms with Gasteiger partial charge in [0.2, 0.25) is 5.91 Å². The number of hydrogen-bond donors (Lipinski definition) is 3. The van der Waals surface area contributed by atoms with Crippen LogP contribution in [0.4, 0.5) is 4.79 Å². The summed E-state index contributed by atoms with van der Waals surface area (Å²) in [5, 5.41) is 15.2. The van der Waals surface area contributed by atoms with Gasteiger partial charge in [-0.1, -0.05) is 32.1 Å². The molecule has 1 aliphatic rings. The number of alkyl carbamates (subject to hydrolysis) is 1. The molecule has 35 heavy (non-hydrogen) atoms. The summed E-state index contributed by atoms with van der Waals surface area (Å²) in [5.74, 6) is -1.69. The van der Waals surface area contributed by atoms with E-state index >= 15 is 0 Å². The third-order valence-electron chi connectivity index (χ3n) is 5.80. The Labute approximate surface area is 209 Å². The van der Waals surface area contributed by atoms with E-state index < -0.39 is 41.8 Å². The minimum absolute atomic E-state index is 0.254.